The average molecular weight is 748 g/mol. The van der Waals surface area contributed by atoms with E-state index in [0.717, 1.165) is 70.6 Å². The molecule has 1 amide bonds. The highest BCUT2D eigenvalue weighted by Gasteiger charge is 2.17. The summed E-state index contributed by atoms with van der Waals surface area (Å²) in [4.78, 5) is 12.4. The number of unbranched alkanes of at least 4 members (excludes halogenated alkanes) is 18. The molecule has 0 aliphatic carbocycles. The van der Waals surface area contributed by atoms with E-state index in [1.165, 1.54) is 103 Å². The van der Waals surface area contributed by atoms with E-state index < -0.39 is 12.1 Å². The third-order valence-corrected chi connectivity index (χ3v) is 9.57. The summed E-state index contributed by atoms with van der Waals surface area (Å²) >= 11 is 0. The second kappa shape index (κ2) is 44.7. The Labute approximate surface area is 334 Å². The Morgan fingerprint density at radius 1 is 0.463 bits per heavy atom. The molecule has 0 aromatic heterocycles. The van der Waals surface area contributed by atoms with Crippen molar-refractivity contribution in [2.45, 2.75) is 206 Å². The summed E-state index contributed by atoms with van der Waals surface area (Å²) in [5, 5.41) is 23.0. The number of rotatable bonds is 39. The lowest BCUT2D eigenvalue weighted by molar-refractivity contribution is -0.122. The lowest BCUT2D eigenvalue weighted by atomic mass is 10.0. The minimum Gasteiger partial charge on any atom is -0.394 e. The van der Waals surface area contributed by atoms with Gasteiger partial charge in [-0.15, -0.1) is 0 Å². The lowest BCUT2D eigenvalue weighted by Crippen LogP contribution is -2.45. The normalized spacial score (nSPS) is 13.9. The van der Waals surface area contributed by atoms with Crippen molar-refractivity contribution in [2.24, 2.45) is 0 Å². The van der Waals surface area contributed by atoms with E-state index in [4.69, 9.17) is 0 Å². The van der Waals surface area contributed by atoms with Gasteiger partial charge < -0.3 is 15.5 Å². The molecule has 0 saturated heterocycles. The molecule has 0 fully saturated rings. The summed E-state index contributed by atoms with van der Waals surface area (Å²) in [6, 6.07) is -0.659. The molecule has 0 aliphatic heterocycles. The molecular weight excluding hydrogens is 663 g/mol. The Morgan fingerprint density at radius 2 is 0.815 bits per heavy atom. The van der Waals surface area contributed by atoms with Crippen molar-refractivity contribution in [1.29, 1.82) is 0 Å². The van der Waals surface area contributed by atoms with Gasteiger partial charge >= 0.3 is 0 Å². The average Bonchev–Trinajstić information content (AvgIpc) is 3.18. The summed E-state index contributed by atoms with van der Waals surface area (Å²) in [6.45, 7) is 4.16. The molecule has 2 atom stereocenters. The maximum absolute atomic E-state index is 12.4. The van der Waals surface area contributed by atoms with Crippen molar-refractivity contribution in [3.8, 4) is 0 Å². The molecule has 0 saturated carbocycles. The van der Waals surface area contributed by atoms with Gasteiger partial charge in [0.2, 0.25) is 5.91 Å². The third kappa shape index (κ3) is 40.5. The number of carbonyl (C=O) groups is 1. The highest BCUT2D eigenvalue weighted by molar-refractivity contribution is 5.76. The molecule has 0 heterocycles. The maximum Gasteiger partial charge on any atom is 0.220 e. The zero-order valence-electron chi connectivity index (χ0n) is 35.2. The van der Waals surface area contributed by atoms with E-state index in [9.17, 15) is 15.0 Å². The van der Waals surface area contributed by atoms with E-state index >= 15 is 0 Å². The molecule has 0 aliphatic rings. The summed E-state index contributed by atoms with van der Waals surface area (Å²) in [5.74, 6) is -0.125. The first-order valence-corrected chi connectivity index (χ1v) is 22.5. The first kappa shape index (κ1) is 51.3. The van der Waals surface area contributed by atoms with E-state index in [-0.39, 0.29) is 12.5 Å². The smallest absolute Gasteiger partial charge is 0.220 e. The van der Waals surface area contributed by atoms with Gasteiger partial charge in [0.15, 0.2) is 0 Å². The van der Waals surface area contributed by atoms with E-state index in [1.54, 1.807) is 6.08 Å². The van der Waals surface area contributed by atoms with Gasteiger partial charge in [0.25, 0.3) is 0 Å². The van der Waals surface area contributed by atoms with Crippen molar-refractivity contribution in [1.82, 2.24) is 5.32 Å². The van der Waals surface area contributed by atoms with Crippen LogP contribution in [0.4, 0.5) is 0 Å². The SMILES string of the molecule is CC/C=C\C/C=C\C/C=C\C/C=C\C/C=C\C/C=C\C/C=C\CCCC(=O)NC(CO)C(O)/C=C/CCCCCCCCCCCCCCCCCCC. The zero-order chi connectivity index (χ0) is 39.3. The monoisotopic (exact) mass is 748 g/mol. The van der Waals surface area contributed by atoms with Gasteiger partial charge in [-0.05, 0) is 70.6 Å². The van der Waals surface area contributed by atoms with Crippen LogP contribution in [-0.2, 0) is 4.79 Å². The number of nitrogens with one attached hydrogen (secondary N) is 1. The van der Waals surface area contributed by atoms with Crippen LogP contribution in [0.2, 0.25) is 0 Å². The van der Waals surface area contributed by atoms with Gasteiger partial charge in [-0.1, -0.05) is 214 Å². The molecular formula is C50H85NO3. The van der Waals surface area contributed by atoms with Crippen molar-refractivity contribution < 1.29 is 15.0 Å². The van der Waals surface area contributed by atoms with Crippen LogP contribution in [0.3, 0.4) is 0 Å². The Bertz CT molecular complexity index is 1030. The highest BCUT2D eigenvalue weighted by Crippen LogP contribution is 2.14. The van der Waals surface area contributed by atoms with Crippen molar-refractivity contribution in [3.05, 3.63) is 97.2 Å². The third-order valence-electron chi connectivity index (χ3n) is 9.57. The van der Waals surface area contributed by atoms with Gasteiger partial charge in [0.1, 0.15) is 0 Å². The molecule has 308 valence electrons. The second-order valence-corrected chi connectivity index (χ2v) is 14.7. The van der Waals surface area contributed by atoms with Crippen molar-refractivity contribution in [2.75, 3.05) is 6.61 Å². The van der Waals surface area contributed by atoms with Gasteiger partial charge in [0.05, 0.1) is 18.8 Å². The quantitative estimate of drug-likeness (QED) is 0.0433. The van der Waals surface area contributed by atoms with Gasteiger partial charge in [0, 0.05) is 6.42 Å². The first-order chi connectivity index (χ1) is 26.7. The van der Waals surface area contributed by atoms with Crippen LogP contribution in [0.1, 0.15) is 194 Å². The molecule has 4 nitrogen and oxygen atoms in total. The molecule has 0 aromatic rings. The lowest BCUT2D eigenvalue weighted by Gasteiger charge is -2.19. The fourth-order valence-corrected chi connectivity index (χ4v) is 6.17. The molecule has 0 radical (unpaired) electrons. The topological polar surface area (TPSA) is 69.6 Å². The predicted octanol–water partition coefficient (Wildman–Crippen LogP) is 14.2. The van der Waals surface area contributed by atoms with Crippen molar-refractivity contribution in [3.63, 3.8) is 0 Å². The Hall–Kier alpha value is -2.69. The number of aliphatic hydroxyl groups is 2. The van der Waals surface area contributed by atoms with Crippen molar-refractivity contribution >= 4 is 5.91 Å². The summed E-state index contributed by atoms with van der Waals surface area (Å²) in [5.41, 5.74) is 0. The molecule has 2 unspecified atom stereocenters. The molecule has 54 heavy (non-hydrogen) atoms. The molecule has 4 heteroatoms. The van der Waals surface area contributed by atoms with Crippen LogP contribution in [0.5, 0.6) is 0 Å². The summed E-state index contributed by atoms with van der Waals surface area (Å²) in [7, 11) is 0. The van der Waals surface area contributed by atoms with Crippen LogP contribution in [0.25, 0.3) is 0 Å². The largest absolute Gasteiger partial charge is 0.394 e. The van der Waals surface area contributed by atoms with Gasteiger partial charge in [-0.2, -0.15) is 0 Å². The summed E-state index contributed by atoms with van der Waals surface area (Å²) in [6.07, 6.45) is 66.6. The standard InChI is InChI=1S/C50H85NO3/c1-3-5-7-9-11-13-15-17-19-21-23-24-25-26-28-30-32-34-36-38-40-42-44-46-50(54)51-48(47-52)49(53)45-43-41-39-37-35-33-31-29-27-22-20-18-16-14-12-10-8-6-4-2/h5,7,11,13,17,19,23-24,26,28,32,34,38,40,43,45,48-49,52-53H,3-4,6,8-10,12,14-16,18,20-22,25,27,29-31,33,35-37,39,41-42,44,46-47H2,1-2H3,(H,51,54)/b7-5-,13-11-,19-17-,24-23-,28-26-,34-32-,40-38-,45-43+. The predicted molar refractivity (Wildman–Crippen MR) is 239 cm³/mol. The number of hydrogen-bond acceptors (Lipinski definition) is 3. The van der Waals surface area contributed by atoms with Gasteiger partial charge in [-0.25, -0.2) is 0 Å². The van der Waals surface area contributed by atoms with E-state index in [0.29, 0.717) is 6.42 Å². The first-order valence-electron chi connectivity index (χ1n) is 22.5. The van der Waals surface area contributed by atoms with E-state index in [1.807, 2.05) is 6.08 Å². The van der Waals surface area contributed by atoms with Crippen LogP contribution in [-0.4, -0.2) is 34.9 Å². The van der Waals surface area contributed by atoms with E-state index in [2.05, 4.69) is 104 Å². The molecule has 0 spiro atoms. The fraction of sp³-hybridized carbons (Fsp3) is 0.660. The van der Waals surface area contributed by atoms with Gasteiger partial charge in [-0.3, -0.25) is 4.79 Å². The highest BCUT2D eigenvalue weighted by atomic mass is 16.3. The Morgan fingerprint density at radius 3 is 1.20 bits per heavy atom. The fourth-order valence-electron chi connectivity index (χ4n) is 6.17. The maximum atomic E-state index is 12.4. The number of hydrogen-bond donors (Lipinski definition) is 3. The zero-order valence-corrected chi connectivity index (χ0v) is 35.2. The molecule has 3 N–H and O–H groups in total. The second-order valence-electron chi connectivity index (χ2n) is 14.7. The Kier molecular flexibility index (Phi) is 42.5. The minimum atomic E-state index is -0.869. The summed E-state index contributed by atoms with van der Waals surface area (Å²) < 4.78 is 0. The molecule has 0 aromatic carbocycles. The number of allylic oxidation sites excluding steroid dienone is 15. The van der Waals surface area contributed by atoms with Crippen LogP contribution < -0.4 is 5.32 Å². The molecule has 0 rings (SSSR count). The Balaban J connectivity index is 3.74. The van der Waals surface area contributed by atoms with Crippen LogP contribution in [0, 0.1) is 0 Å². The number of amides is 1. The van der Waals surface area contributed by atoms with Crippen LogP contribution in [0.15, 0.2) is 97.2 Å². The molecule has 0 bridgehead atoms. The number of aliphatic hydroxyl groups excluding tert-OH is 2. The number of carbonyl (C=O) groups excluding carboxylic acids is 1. The minimum absolute atomic E-state index is 0.125. The van der Waals surface area contributed by atoms with Crippen LogP contribution >= 0.6 is 0 Å².